The Bertz CT molecular complexity index is 300. The van der Waals surface area contributed by atoms with E-state index in [2.05, 4.69) is 4.98 Å². The van der Waals surface area contributed by atoms with Crippen molar-refractivity contribution in [3.63, 3.8) is 0 Å². The highest BCUT2D eigenvalue weighted by Gasteiger charge is 2.16. The number of carbonyl (C=O) groups is 1. The van der Waals surface area contributed by atoms with Gasteiger partial charge < -0.3 is 15.3 Å². The van der Waals surface area contributed by atoms with Gasteiger partial charge in [-0.2, -0.15) is 0 Å². The molecule has 0 bridgehead atoms. The Labute approximate surface area is 75.6 Å². The molecule has 0 aliphatic rings. The van der Waals surface area contributed by atoms with Crippen molar-refractivity contribution in [1.29, 1.82) is 0 Å². The molecule has 0 spiro atoms. The number of aliphatic carboxylic acids is 1. The van der Waals surface area contributed by atoms with Crippen molar-refractivity contribution in [3.05, 3.63) is 17.3 Å². The number of nitrogens with zero attached hydrogens (tertiary/aromatic N) is 1. The fourth-order valence-corrected chi connectivity index (χ4v) is 0.902. The minimum Gasteiger partial charge on any atom is -0.480 e. The Balaban J connectivity index is 2.69. The third-order valence-corrected chi connectivity index (χ3v) is 1.78. The van der Waals surface area contributed by atoms with E-state index in [9.17, 15) is 4.79 Å². The average Bonchev–Trinajstić information content (AvgIpc) is 2.31. The summed E-state index contributed by atoms with van der Waals surface area (Å²) in [6, 6.07) is -0.947. The summed E-state index contributed by atoms with van der Waals surface area (Å²) in [6.07, 6.45) is 0.129. The van der Waals surface area contributed by atoms with Gasteiger partial charge in [-0.25, -0.2) is 4.98 Å². The van der Waals surface area contributed by atoms with Gasteiger partial charge in [0.2, 0.25) is 0 Å². The minimum atomic E-state index is -1.05. The van der Waals surface area contributed by atoms with E-state index in [1.807, 2.05) is 0 Å². The van der Waals surface area contributed by atoms with Crippen LogP contribution in [0.25, 0.3) is 0 Å². The second-order valence-corrected chi connectivity index (χ2v) is 2.90. The molecule has 1 aromatic rings. The Morgan fingerprint density at radius 1 is 1.69 bits per heavy atom. The molecule has 1 aromatic heterocycles. The maximum absolute atomic E-state index is 10.4. The van der Waals surface area contributed by atoms with E-state index < -0.39 is 12.0 Å². The van der Waals surface area contributed by atoms with E-state index in [1.54, 1.807) is 13.8 Å². The number of nitrogens with two attached hydrogens (primary N) is 1. The van der Waals surface area contributed by atoms with Crippen molar-refractivity contribution >= 4 is 5.97 Å². The monoisotopic (exact) mass is 184 g/mol. The van der Waals surface area contributed by atoms with Crippen LogP contribution >= 0.6 is 0 Å². The summed E-state index contributed by atoms with van der Waals surface area (Å²) in [4.78, 5) is 14.4. The SMILES string of the molecule is Cc1nc(CC(N)C(=O)O)oc1C. The Kier molecular flexibility index (Phi) is 2.67. The van der Waals surface area contributed by atoms with Crippen LogP contribution in [0, 0.1) is 13.8 Å². The van der Waals surface area contributed by atoms with Crippen LogP contribution in [0.15, 0.2) is 4.42 Å². The Morgan fingerprint density at radius 2 is 2.31 bits per heavy atom. The molecule has 0 amide bonds. The van der Waals surface area contributed by atoms with Crippen LogP contribution in [0.1, 0.15) is 17.3 Å². The lowest BCUT2D eigenvalue weighted by atomic mass is 10.2. The van der Waals surface area contributed by atoms with Crippen LogP contribution in [-0.4, -0.2) is 22.1 Å². The van der Waals surface area contributed by atoms with Crippen molar-refractivity contribution in [1.82, 2.24) is 4.98 Å². The van der Waals surface area contributed by atoms with E-state index >= 15 is 0 Å². The molecule has 1 atom stereocenters. The van der Waals surface area contributed by atoms with Crippen molar-refractivity contribution in [2.45, 2.75) is 26.3 Å². The van der Waals surface area contributed by atoms with Crippen LogP contribution in [-0.2, 0) is 11.2 Å². The first-order valence-electron chi connectivity index (χ1n) is 3.92. The van der Waals surface area contributed by atoms with Crippen LogP contribution in [0.5, 0.6) is 0 Å². The van der Waals surface area contributed by atoms with Crippen LogP contribution < -0.4 is 5.73 Å². The van der Waals surface area contributed by atoms with Gasteiger partial charge in [0.1, 0.15) is 11.8 Å². The highest BCUT2D eigenvalue weighted by molar-refractivity contribution is 5.73. The van der Waals surface area contributed by atoms with Gasteiger partial charge in [-0.1, -0.05) is 0 Å². The Hall–Kier alpha value is -1.36. The molecule has 0 saturated heterocycles. The predicted molar refractivity (Wildman–Crippen MR) is 45.3 cm³/mol. The fraction of sp³-hybridized carbons (Fsp3) is 0.500. The summed E-state index contributed by atoms with van der Waals surface area (Å²) in [6.45, 7) is 3.58. The van der Waals surface area contributed by atoms with E-state index in [0.717, 1.165) is 5.69 Å². The summed E-state index contributed by atoms with van der Waals surface area (Å²) in [5.41, 5.74) is 6.08. The zero-order valence-corrected chi connectivity index (χ0v) is 7.57. The highest BCUT2D eigenvalue weighted by Crippen LogP contribution is 2.09. The molecule has 3 N–H and O–H groups in total. The average molecular weight is 184 g/mol. The van der Waals surface area contributed by atoms with Crippen molar-refractivity contribution in [2.24, 2.45) is 5.73 Å². The zero-order valence-electron chi connectivity index (χ0n) is 7.57. The number of aryl methyl sites for hydroxylation is 2. The number of carboxylic acids is 1. The molecule has 0 radical (unpaired) electrons. The van der Waals surface area contributed by atoms with Gasteiger partial charge in [-0.3, -0.25) is 4.79 Å². The van der Waals surface area contributed by atoms with Gasteiger partial charge in [0.25, 0.3) is 0 Å². The van der Waals surface area contributed by atoms with Gasteiger partial charge in [0, 0.05) is 0 Å². The van der Waals surface area contributed by atoms with E-state index in [-0.39, 0.29) is 6.42 Å². The molecule has 1 unspecified atom stereocenters. The normalized spacial score (nSPS) is 12.8. The van der Waals surface area contributed by atoms with Crippen molar-refractivity contribution in [3.8, 4) is 0 Å². The van der Waals surface area contributed by atoms with Crippen LogP contribution in [0.4, 0.5) is 0 Å². The number of oxazole rings is 1. The third-order valence-electron chi connectivity index (χ3n) is 1.78. The molecule has 72 valence electrons. The Morgan fingerprint density at radius 3 is 2.69 bits per heavy atom. The summed E-state index contributed by atoms with van der Waals surface area (Å²) < 4.78 is 5.18. The summed E-state index contributed by atoms with van der Waals surface area (Å²) in [7, 11) is 0. The van der Waals surface area contributed by atoms with Gasteiger partial charge in [0.05, 0.1) is 12.1 Å². The lowest BCUT2D eigenvalue weighted by Gasteiger charge is -2.00. The van der Waals surface area contributed by atoms with E-state index in [4.69, 9.17) is 15.3 Å². The van der Waals surface area contributed by atoms with Crippen molar-refractivity contribution < 1.29 is 14.3 Å². The third kappa shape index (κ3) is 2.29. The number of hydrogen-bond donors (Lipinski definition) is 2. The number of hydrogen-bond acceptors (Lipinski definition) is 4. The maximum atomic E-state index is 10.4. The highest BCUT2D eigenvalue weighted by atomic mass is 16.4. The summed E-state index contributed by atoms with van der Waals surface area (Å²) in [5.74, 6) is 0.0333. The van der Waals surface area contributed by atoms with Crippen LogP contribution in [0.2, 0.25) is 0 Å². The topological polar surface area (TPSA) is 89.3 Å². The molecule has 13 heavy (non-hydrogen) atoms. The summed E-state index contributed by atoms with van der Waals surface area (Å²) in [5, 5.41) is 8.52. The minimum absolute atomic E-state index is 0.129. The molecule has 1 heterocycles. The number of aromatic nitrogens is 1. The number of carboxylic acid groups (broad SMARTS) is 1. The molecule has 0 aliphatic heterocycles. The largest absolute Gasteiger partial charge is 0.480 e. The number of rotatable bonds is 3. The first-order chi connectivity index (χ1) is 6.00. The predicted octanol–water partition coefficient (Wildman–Crippen LogP) is 0.246. The lowest BCUT2D eigenvalue weighted by molar-refractivity contribution is -0.138. The lowest BCUT2D eigenvalue weighted by Crippen LogP contribution is -2.32. The second-order valence-electron chi connectivity index (χ2n) is 2.90. The molecular weight excluding hydrogens is 172 g/mol. The standard InChI is InChI=1S/C8H12N2O3/c1-4-5(2)13-7(10-4)3-6(9)8(11)12/h6H,3,9H2,1-2H3,(H,11,12). The fourth-order valence-electron chi connectivity index (χ4n) is 0.902. The van der Waals surface area contributed by atoms with Gasteiger partial charge in [-0.05, 0) is 13.8 Å². The first-order valence-corrected chi connectivity index (χ1v) is 3.92. The van der Waals surface area contributed by atoms with Gasteiger partial charge >= 0.3 is 5.97 Å². The molecule has 5 heteroatoms. The van der Waals surface area contributed by atoms with E-state index in [1.165, 1.54) is 0 Å². The molecule has 0 saturated carbocycles. The smallest absolute Gasteiger partial charge is 0.321 e. The molecule has 0 aliphatic carbocycles. The second kappa shape index (κ2) is 3.57. The zero-order chi connectivity index (χ0) is 10.0. The van der Waals surface area contributed by atoms with Gasteiger partial charge in [-0.15, -0.1) is 0 Å². The van der Waals surface area contributed by atoms with Crippen molar-refractivity contribution in [2.75, 3.05) is 0 Å². The maximum Gasteiger partial charge on any atom is 0.321 e. The molecule has 0 fully saturated rings. The van der Waals surface area contributed by atoms with E-state index in [0.29, 0.717) is 11.7 Å². The molecule has 5 nitrogen and oxygen atoms in total. The van der Waals surface area contributed by atoms with Crippen LogP contribution in [0.3, 0.4) is 0 Å². The molecular formula is C8H12N2O3. The molecule has 0 aromatic carbocycles. The first kappa shape index (κ1) is 9.73. The summed E-state index contributed by atoms with van der Waals surface area (Å²) >= 11 is 0. The molecule has 1 rings (SSSR count). The quantitative estimate of drug-likeness (QED) is 0.702. The van der Waals surface area contributed by atoms with Gasteiger partial charge in [0.15, 0.2) is 5.89 Å².